The van der Waals surface area contributed by atoms with Crippen LogP contribution in [0.3, 0.4) is 0 Å². The van der Waals surface area contributed by atoms with Gasteiger partial charge >= 0.3 is 6.03 Å². The van der Waals surface area contributed by atoms with Crippen LogP contribution in [-0.2, 0) is 11.3 Å². The number of hydrogen-bond donors (Lipinski definition) is 1. The largest absolute Gasteiger partial charge is 0.340 e. The summed E-state index contributed by atoms with van der Waals surface area (Å²) in [5.41, 5.74) is 6.54. The number of nitrogens with one attached hydrogen (secondary N) is 1. The maximum Gasteiger partial charge on any atom is 0.340 e. The molecule has 0 radical (unpaired) electrons. The van der Waals surface area contributed by atoms with E-state index in [1.807, 2.05) is 32.0 Å². The van der Waals surface area contributed by atoms with E-state index in [1.54, 1.807) is 24.5 Å². The average Bonchev–Trinajstić information content (AvgIpc) is 2.95. The fraction of sp³-hybridized carbons (Fsp3) is 0.200. The molecule has 1 unspecified atom stereocenters. The fourth-order valence-corrected chi connectivity index (χ4v) is 3.20. The van der Waals surface area contributed by atoms with E-state index in [4.69, 9.17) is 0 Å². The van der Waals surface area contributed by atoms with Gasteiger partial charge in [-0.15, -0.1) is 0 Å². The van der Waals surface area contributed by atoms with Crippen LogP contribution in [0.2, 0.25) is 0 Å². The third kappa shape index (κ3) is 3.06. The van der Waals surface area contributed by atoms with E-state index in [2.05, 4.69) is 5.43 Å². The van der Waals surface area contributed by atoms with Gasteiger partial charge in [-0.05, 0) is 54.8 Å². The second-order valence-corrected chi connectivity index (χ2v) is 6.71. The van der Waals surface area contributed by atoms with E-state index in [1.165, 1.54) is 26.9 Å². The highest BCUT2D eigenvalue weighted by molar-refractivity contribution is 6.03. The molecule has 27 heavy (non-hydrogen) atoms. The van der Waals surface area contributed by atoms with Gasteiger partial charge < -0.3 is 0 Å². The molecule has 1 saturated heterocycles. The molecule has 3 amide bonds. The Balaban J connectivity index is 1.56. The van der Waals surface area contributed by atoms with Crippen molar-refractivity contribution >= 4 is 17.6 Å². The van der Waals surface area contributed by atoms with Crippen molar-refractivity contribution in [2.75, 3.05) is 4.90 Å². The van der Waals surface area contributed by atoms with Crippen molar-refractivity contribution in [3.63, 3.8) is 0 Å². The first-order valence-electron chi connectivity index (χ1n) is 8.63. The van der Waals surface area contributed by atoms with Crippen LogP contribution in [0.5, 0.6) is 0 Å². The Hall–Kier alpha value is -3.19. The number of hydrazine groups is 1. The third-order valence-electron chi connectivity index (χ3n) is 4.85. The number of nitrogens with zero attached hydrogens (tertiary/aromatic N) is 3. The number of benzene rings is 2. The number of aryl methyl sites for hydroxylation is 2. The summed E-state index contributed by atoms with van der Waals surface area (Å²) in [7, 11) is 0. The van der Waals surface area contributed by atoms with E-state index in [-0.39, 0.29) is 24.3 Å². The molecule has 2 aromatic carbocycles. The van der Waals surface area contributed by atoms with Crippen molar-refractivity contribution in [2.24, 2.45) is 0 Å². The van der Waals surface area contributed by atoms with Crippen LogP contribution in [0.25, 0.3) is 0 Å². The Morgan fingerprint density at radius 3 is 2.59 bits per heavy atom. The number of rotatable bonds is 3. The minimum atomic E-state index is -0.822. The summed E-state index contributed by atoms with van der Waals surface area (Å²) in [6.07, 6.45) is 2.36. The quantitative estimate of drug-likeness (QED) is 0.909. The molecule has 4 rings (SSSR count). The van der Waals surface area contributed by atoms with Crippen molar-refractivity contribution in [2.45, 2.75) is 26.6 Å². The summed E-state index contributed by atoms with van der Waals surface area (Å²) in [6.45, 7) is 4.16. The lowest BCUT2D eigenvalue weighted by molar-refractivity contribution is -0.122. The highest BCUT2D eigenvalue weighted by Crippen LogP contribution is 2.26. The van der Waals surface area contributed by atoms with Crippen LogP contribution in [0.4, 0.5) is 14.9 Å². The molecule has 1 fully saturated rings. The van der Waals surface area contributed by atoms with Crippen LogP contribution in [0.1, 0.15) is 16.7 Å². The van der Waals surface area contributed by atoms with Gasteiger partial charge in [-0.1, -0.05) is 18.2 Å². The minimum absolute atomic E-state index is 0.161. The van der Waals surface area contributed by atoms with E-state index < -0.39 is 6.17 Å². The van der Waals surface area contributed by atoms with Gasteiger partial charge in [0.2, 0.25) is 0 Å². The van der Waals surface area contributed by atoms with Gasteiger partial charge in [-0.25, -0.2) is 9.18 Å². The lowest BCUT2D eigenvalue weighted by Crippen LogP contribution is -2.51. The zero-order valence-electron chi connectivity index (χ0n) is 15.0. The normalized spacial score (nSPS) is 19.1. The van der Waals surface area contributed by atoms with Gasteiger partial charge in [0, 0.05) is 18.1 Å². The molecule has 2 aromatic rings. The monoisotopic (exact) mass is 366 g/mol. The van der Waals surface area contributed by atoms with Crippen LogP contribution in [-0.4, -0.2) is 28.0 Å². The Morgan fingerprint density at radius 1 is 1.04 bits per heavy atom. The molecule has 0 spiro atoms. The van der Waals surface area contributed by atoms with Crippen molar-refractivity contribution in [3.8, 4) is 0 Å². The summed E-state index contributed by atoms with van der Waals surface area (Å²) < 4.78 is 13.4. The zero-order chi connectivity index (χ0) is 19.1. The minimum Gasteiger partial charge on any atom is -0.283 e. The predicted octanol–water partition coefficient (Wildman–Crippen LogP) is 3.03. The van der Waals surface area contributed by atoms with Gasteiger partial charge in [0.1, 0.15) is 5.82 Å². The Morgan fingerprint density at radius 2 is 1.85 bits per heavy atom. The van der Waals surface area contributed by atoms with E-state index >= 15 is 0 Å². The number of urea groups is 1. The van der Waals surface area contributed by atoms with E-state index in [0.717, 1.165) is 16.8 Å². The number of anilines is 1. The van der Waals surface area contributed by atoms with E-state index in [9.17, 15) is 14.0 Å². The number of carbonyl (C=O) groups excluding carboxylic acids is 2. The van der Waals surface area contributed by atoms with Crippen molar-refractivity contribution in [1.82, 2.24) is 15.3 Å². The number of amides is 3. The highest BCUT2D eigenvalue weighted by atomic mass is 19.1. The molecule has 2 aliphatic rings. The molecular formula is C20H19FN4O2. The van der Waals surface area contributed by atoms with Gasteiger partial charge in [0.25, 0.3) is 5.91 Å². The number of halogens is 1. The van der Waals surface area contributed by atoms with Crippen molar-refractivity contribution in [1.29, 1.82) is 0 Å². The lowest BCUT2D eigenvalue weighted by atomic mass is 10.1. The molecule has 0 bridgehead atoms. The Labute approximate surface area is 156 Å². The van der Waals surface area contributed by atoms with Crippen LogP contribution >= 0.6 is 0 Å². The van der Waals surface area contributed by atoms with Gasteiger partial charge in [0.15, 0.2) is 6.17 Å². The van der Waals surface area contributed by atoms with Crippen LogP contribution in [0, 0.1) is 19.7 Å². The summed E-state index contributed by atoms with van der Waals surface area (Å²) in [5.74, 6) is -0.621. The number of fused-ring (bicyclic) bond motifs is 1. The first-order chi connectivity index (χ1) is 12.9. The summed E-state index contributed by atoms with van der Waals surface area (Å²) in [6, 6.07) is 11.5. The molecule has 1 N–H and O–H groups in total. The second kappa shape index (κ2) is 6.51. The number of carbonyl (C=O) groups is 2. The molecule has 138 valence electrons. The Bertz CT molecular complexity index is 959. The summed E-state index contributed by atoms with van der Waals surface area (Å²) in [5, 5.41) is 1.32. The van der Waals surface area contributed by atoms with E-state index in [0.29, 0.717) is 5.56 Å². The average molecular weight is 366 g/mol. The van der Waals surface area contributed by atoms with Crippen molar-refractivity contribution < 1.29 is 14.0 Å². The van der Waals surface area contributed by atoms with Crippen LogP contribution < -0.4 is 10.3 Å². The number of hydrogen-bond acceptors (Lipinski definition) is 3. The fourth-order valence-electron chi connectivity index (χ4n) is 3.20. The summed E-state index contributed by atoms with van der Waals surface area (Å²) in [4.78, 5) is 28.4. The van der Waals surface area contributed by atoms with Crippen molar-refractivity contribution in [3.05, 3.63) is 77.4 Å². The van der Waals surface area contributed by atoms with Gasteiger partial charge in [-0.3, -0.25) is 19.6 Å². The smallest absolute Gasteiger partial charge is 0.283 e. The molecular weight excluding hydrogens is 347 g/mol. The first kappa shape index (κ1) is 17.2. The SMILES string of the molecule is Cc1ccc(N2C=CN3C(=O)N(Cc4cccc(F)c4)NC3C2=O)cc1C. The second-order valence-electron chi connectivity index (χ2n) is 6.71. The molecule has 0 aromatic heterocycles. The summed E-state index contributed by atoms with van der Waals surface area (Å²) >= 11 is 0. The molecule has 1 atom stereocenters. The predicted molar refractivity (Wildman–Crippen MR) is 98.6 cm³/mol. The maximum absolute atomic E-state index is 13.4. The van der Waals surface area contributed by atoms with Gasteiger partial charge in [-0.2, -0.15) is 5.43 Å². The third-order valence-corrected chi connectivity index (χ3v) is 4.85. The molecule has 0 saturated carbocycles. The standard InChI is InChI=1S/C20H19FN4O2/c1-13-6-7-17(10-14(13)2)23-8-9-24-18(19(23)26)22-25(20(24)27)12-15-4-3-5-16(21)11-15/h3-11,18,22H,12H2,1-2H3. The molecule has 0 aliphatic carbocycles. The first-order valence-corrected chi connectivity index (χ1v) is 8.63. The lowest BCUT2D eigenvalue weighted by Gasteiger charge is -2.29. The molecule has 6 nitrogen and oxygen atoms in total. The van der Waals surface area contributed by atoms with Crippen LogP contribution in [0.15, 0.2) is 54.9 Å². The Kier molecular flexibility index (Phi) is 4.16. The van der Waals surface area contributed by atoms with Gasteiger partial charge in [0.05, 0.1) is 6.54 Å². The zero-order valence-corrected chi connectivity index (χ0v) is 15.0. The highest BCUT2D eigenvalue weighted by Gasteiger charge is 2.44. The molecule has 7 heteroatoms. The topological polar surface area (TPSA) is 55.9 Å². The molecule has 2 aliphatic heterocycles. The maximum atomic E-state index is 13.4. The molecule has 2 heterocycles.